The maximum Gasteiger partial charge on any atom is 0.175 e. The Kier molecular flexibility index (Phi) is 4.12. The third-order valence-corrected chi connectivity index (χ3v) is 2.96. The third kappa shape index (κ3) is 3.76. The van der Waals surface area contributed by atoms with Gasteiger partial charge >= 0.3 is 0 Å². The van der Waals surface area contributed by atoms with Crippen molar-refractivity contribution < 1.29 is 4.39 Å². The lowest BCUT2D eigenvalue weighted by molar-refractivity contribution is 0.628. The summed E-state index contributed by atoms with van der Waals surface area (Å²) in [5.41, 5.74) is 3.70. The Balaban J connectivity index is 2.05. The predicted molar refractivity (Wildman–Crippen MR) is 82.2 cm³/mol. The van der Waals surface area contributed by atoms with Crippen molar-refractivity contribution in [3.63, 3.8) is 0 Å². The van der Waals surface area contributed by atoms with Gasteiger partial charge in [0.05, 0.1) is 0 Å². The number of benzene rings is 2. The number of nitrogens with one attached hydrogen (secondary N) is 2. The molecule has 98 valence electrons. The van der Waals surface area contributed by atoms with Crippen molar-refractivity contribution in [3.8, 4) is 0 Å². The number of anilines is 2. The minimum Gasteiger partial charge on any atom is -0.332 e. The third-order valence-electron chi connectivity index (χ3n) is 2.76. The molecule has 0 atom stereocenters. The molecule has 0 fully saturated rings. The van der Waals surface area contributed by atoms with Crippen molar-refractivity contribution in [1.82, 2.24) is 0 Å². The summed E-state index contributed by atoms with van der Waals surface area (Å²) in [7, 11) is 0. The zero-order valence-electron chi connectivity index (χ0n) is 10.8. The van der Waals surface area contributed by atoms with E-state index in [4.69, 9.17) is 12.2 Å². The highest BCUT2D eigenvalue weighted by molar-refractivity contribution is 7.80. The summed E-state index contributed by atoms with van der Waals surface area (Å²) in [6.07, 6.45) is 0. The molecule has 2 aromatic rings. The van der Waals surface area contributed by atoms with Crippen LogP contribution in [-0.4, -0.2) is 5.11 Å². The van der Waals surface area contributed by atoms with Crippen LogP contribution >= 0.6 is 12.2 Å². The fourth-order valence-electron chi connectivity index (χ4n) is 1.65. The predicted octanol–water partition coefficient (Wildman–Crippen LogP) is 4.25. The standard InChI is InChI=1S/C15H15FN2S/c1-10-3-7-13(8-4-10)17-15(19)18-14-9-12(16)6-5-11(14)2/h3-9H,1-2H3,(H2,17,18,19). The van der Waals surface area contributed by atoms with Gasteiger partial charge in [0.15, 0.2) is 5.11 Å². The highest BCUT2D eigenvalue weighted by Gasteiger charge is 2.03. The Morgan fingerprint density at radius 2 is 1.68 bits per heavy atom. The highest BCUT2D eigenvalue weighted by atomic mass is 32.1. The fraction of sp³-hybridized carbons (Fsp3) is 0.133. The van der Waals surface area contributed by atoms with Gasteiger partial charge in [0.1, 0.15) is 5.82 Å². The lowest BCUT2D eigenvalue weighted by Gasteiger charge is -2.12. The van der Waals surface area contributed by atoms with Crippen LogP contribution in [0.1, 0.15) is 11.1 Å². The Bertz CT molecular complexity index is 594. The SMILES string of the molecule is Cc1ccc(NC(=S)Nc2cc(F)ccc2C)cc1. The van der Waals surface area contributed by atoms with Crippen LogP contribution in [0.25, 0.3) is 0 Å². The molecule has 0 saturated heterocycles. The molecule has 4 heteroatoms. The smallest absolute Gasteiger partial charge is 0.175 e. The van der Waals surface area contributed by atoms with Gasteiger partial charge in [-0.05, 0) is 55.9 Å². The van der Waals surface area contributed by atoms with Crippen LogP contribution in [0, 0.1) is 19.7 Å². The van der Waals surface area contributed by atoms with Crippen molar-refractivity contribution in [1.29, 1.82) is 0 Å². The van der Waals surface area contributed by atoms with Crippen LogP contribution in [0.3, 0.4) is 0 Å². The normalized spacial score (nSPS) is 10.1. The first kappa shape index (κ1) is 13.5. The number of rotatable bonds is 2. The van der Waals surface area contributed by atoms with Crippen molar-refractivity contribution in [2.75, 3.05) is 10.6 Å². The summed E-state index contributed by atoms with van der Waals surface area (Å²) in [6.45, 7) is 3.92. The molecule has 0 aliphatic heterocycles. The van der Waals surface area contributed by atoms with Crippen molar-refractivity contribution in [3.05, 3.63) is 59.4 Å². The molecule has 19 heavy (non-hydrogen) atoms. The second kappa shape index (κ2) is 5.80. The molecule has 0 aliphatic rings. The molecule has 2 rings (SSSR count). The number of thiocarbonyl (C=S) groups is 1. The van der Waals surface area contributed by atoms with Gasteiger partial charge < -0.3 is 10.6 Å². The molecule has 2 nitrogen and oxygen atoms in total. The second-order valence-electron chi connectivity index (χ2n) is 4.40. The summed E-state index contributed by atoms with van der Waals surface area (Å²) < 4.78 is 13.2. The zero-order chi connectivity index (χ0) is 13.8. The first-order chi connectivity index (χ1) is 9.04. The molecule has 0 heterocycles. The van der Waals surface area contributed by atoms with Gasteiger partial charge in [-0.25, -0.2) is 4.39 Å². The van der Waals surface area contributed by atoms with Crippen LogP contribution in [0.4, 0.5) is 15.8 Å². The molecular weight excluding hydrogens is 259 g/mol. The van der Waals surface area contributed by atoms with Crippen LogP contribution in [0.5, 0.6) is 0 Å². The minimum atomic E-state index is -0.286. The Morgan fingerprint density at radius 3 is 2.37 bits per heavy atom. The number of hydrogen-bond acceptors (Lipinski definition) is 1. The molecule has 0 aliphatic carbocycles. The van der Waals surface area contributed by atoms with E-state index in [-0.39, 0.29) is 5.82 Å². The molecule has 0 bridgehead atoms. The summed E-state index contributed by atoms with van der Waals surface area (Å²) in [5, 5.41) is 6.50. The van der Waals surface area contributed by atoms with Crippen LogP contribution in [0.2, 0.25) is 0 Å². The summed E-state index contributed by atoms with van der Waals surface area (Å²) in [4.78, 5) is 0. The molecule has 0 spiro atoms. The molecular formula is C15H15FN2S. The van der Waals surface area contributed by atoms with E-state index in [0.717, 1.165) is 11.3 Å². The van der Waals surface area contributed by atoms with E-state index in [1.54, 1.807) is 6.07 Å². The largest absolute Gasteiger partial charge is 0.332 e. The highest BCUT2D eigenvalue weighted by Crippen LogP contribution is 2.16. The van der Waals surface area contributed by atoms with E-state index in [0.29, 0.717) is 10.8 Å². The van der Waals surface area contributed by atoms with E-state index in [2.05, 4.69) is 10.6 Å². The zero-order valence-corrected chi connectivity index (χ0v) is 11.6. The van der Waals surface area contributed by atoms with E-state index in [9.17, 15) is 4.39 Å². The monoisotopic (exact) mass is 274 g/mol. The first-order valence-electron chi connectivity index (χ1n) is 5.95. The maximum atomic E-state index is 13.2. The molecule has 0 amide bonds. The van der Waals surface area contributed by atoms with Gasteiger partial charge in [-0.15, -0.1) is 0 Å². The lowest BCUT2D eigenvalue weighted by atomic mass is 10.2. The minimum absolute atomic E-state index is 0.286. The molecule has 2 N–H and O–H groups in total. The Morgan fingerprint density at radius 1 is 1.00 bits per heavy atom. The van der Waals surface area contributed by atoms with Gasteiger partial charge in [0.25, 0.3) is 0 Å². The van der Waals surface area contributed by atoms with Crippen LogP contribution in [0.15, 0.2) is 42.5 Å². The van der Waals surface area contributed by atoms with Crippen LogP contribution < -0.4 is 10.6 Å². The Hall–Kier alpha value is -1.94. The van der Waals surface area contributed by atoms with Gasteiger partial charge in [0.2, 0.25) is 0 Å². The summed E-state index contributed by atoms with van der Waals surface area (Å²) >= 11 is 5.21. The molecule has 0 radical (unpaired) electrons. The second-order valence-corrected chi connectivity index (χ2v) is 4.81. The maximum absolute atomic E-state index is 13.2. The van der Waals surface area contributed by atoms with Crippen molar-refractivity contribution in [2.45, 2.75) is 13.8 Å². The van der Waals surface area contributed by atoms with E-state index >= 15 is 0 Å². The topological polar surface area (TPSA) is 24.1 Å². The van der Waals surface area contributed by atoms with Gasteiger partial charge in [-0.1, -0.05) is 23.8 Å². The van der Waals surface area contributed by atoms with E-state index in [1.807, 2.05) is 38.1 Å². The van der Waals surface area contributed by atoms with Crippen molar-refractivity contribution >= 4 is 28.7 Å². The number of aryl methyl sites for hydroxylation is 2. The molecule has 0 aromatic heterocycles. The summed E-state index contributed by atoms with van der Waals surface area (Å²) in [6, 6.07) is 12.5. The quantitative estimate of drug-likeness (QED) is 0.800. The summed E-state index contributed by atoms with van der Waals surface area (Å²) in [5.74, 6) is -0.286. The first-order valence-corrected chi connectivity index (χ1v) is 6.36. The molecule has 0 saturated carbocycles. The van der Waals surface area contributed by atoms with E-state index in [1.165, 1.54) is 17.7 Å². The number of hydrogen-bond donors (Lipinski definition) is 2. The van der Waals surface area contributed by atoms with Gasteiger partial charge in [-0.3, -0.25) is 0 Å². The van der Waals surface area contributed by atoms with Gasteiger partial charge in [0, 0.05) is 11.4 Å². The van der Waals surface area contributed by atoms with E-state index < -0.39 is 0 Å². The average Bonchev–Trinajstić information content (AvgIpc) is 2.37. The fourth-order valence-corrected chi connectivity index (χ4v) is 1.88. The molecule has 0 unspecified atom stereocenters. The number of halogens is 1. The lowest BCUT2D eigenvalue weighted by Crippen LogP contribution is -2.19. The van der Waals surface area contributed by atoms with Crippen LogP contribution in [-0.2, 0) is 0 Å². The van der Waals surface area contributed by atoms with Crippen molar-refractivity contribution in [2.24, 2.45) is 0 Å². The Labute approximate surface area is 117 Å². The molecule has 2 aromatic carbocycles. The average molecular weight is 274 g/mol. The van der Waals surface area contributed by atoms with Gasteiger partial charge in [-0.2, -0.15) is 0 Å².